The van der Waals surface area contributed by atoms with E-state index in [4.69, 9.17) is 4.74 Å². The normalized spacial score (nSPS) is 14.3. The van der Waals surface area contributed by atoms with Gasteiger partial charge in [-0.1, -0.05) is 36.4 Å². The van der Waals surface area contributed by atoms with Crippen LogP contribution in [0.3, 0.4) is 0 Å². The van der Waals surface area contributed by atoms with Crippen LogP contribution in [0, 0.1) is 0 Å². The van der Waals surface area contributed by atoms with Crippen molar-refractivity contribution in [2.75, 3.05) is 32.8 Å². The number of carbonyl (C=O) groups excluding carboxylic acids is 2. The first-order valence-corrected chi connectivity index (χ1v) is 9.42. The van der Waals surface area contributed by atoms with Crippen LogP contribution in [0.4, 0.5) is 0 Å². The Labute approximate surface area is 163 Å². The fourth-order valence-electron chi connectivity index (χ4n) is 3.59. The Morgan fingerprint density at radius 1 is 0.893 bits per heavy atom. The van der Waals surface area contributed by atoms with Gasteiger partial charge >= 0.3 is 0 Å². The molecule has 1 saturated heterocycles. The molecule has 0 N–H and O–H groups in total. The summed E-state index contributed by atoms with van der Waals surface area (Å²) >= 11 is 0. The maximum atomic E-state index is 13.0. The van der Waals surface area contributed by atoms with Crippen molar-refractivity contribution in [3.63, 3.8) is 0 Å². The number of ether oxygens (including phenoxy) is 1. The van der Waals surface area contributed by atoms with Crippen molar-refractivity contribution >= 4 is 22.7 Å². The SMILES string of the molecule is Cn1cc(C(=O)N2CCN(C(=O)COc3ccccc3)CC2)c2ccccc21. The summed E-state index contributed by atoms with van der Waals surface area (Å²) in [4.78, 5) is 29.0. The molecule has 0 unspecified atom stereocenters. The maximum absolute atomic E-state index is 13.0. The van der Waals surface area contributed by atoms with Crippen molar-refractivity contribution in [2.45, 2.75) is 0 Å². The molecule has 1 aromatic heterocycles. The third-order valence-corrected chi connectivity index (χ3v) is 5.15. The van der Waals surface area contributed by atoms with Crippen molar-refractivity contribution in [1.29, 1.82) is 0 Å². The molecule has 3 aromatic rings. The number of para-hydroxylation sites is 2. The highest BCUT2D eigenvalue weighted by Crippen LogP contribution is 2.22. The van der Waals surface area contributed by atoms with Gasteiger partial charge in [-0.05, 0) is 18.2 Å². The summed E-state index contributed by atoms with van der Waals surface area (Å²) in [5, 5.41) is 0.963. The Kier molecular flexibility index (Phi) is 5.02. The molecule has 0 atom stereocenters. The molecule has 1 aliphatic rings. The minimum Gasteiger partial charge on any atom is -0.484 e. The van der Waals surface area contributed by atoms with Crippen LogP contribution >= 0.6 is 0 Å². The van der Waals surface area contributed by atoms with E-state index in [1.807, 2.05) is 77.3 Å². The van der Waals surface area contributed by atoms with E-state index in [-0.39, 0.29) is 18.4 Å². The maximum Gasteiger partial charge on any atom is 0.260 e. The second-order valence-electron chi connectivity index (χ2n) is 6.95. The highest BCUT2D eigenvalue weighted by atomic mass is 16.5. The molecule has 28 heavy (non-hydrogen) atoms. The van der Waals surface area contributed by atoms with Gasteiger partial charge in [0.2, 0.25) is 0 Å². The van der Waals surface area contributed by atoms with Gasteiger partial charge in [0.1, 0.15) is 5.75 Å². The van der Waals surface area contributed by atoms with Gasteiger partial charge in [0.15, 0.2) is 6.61 Å². The Balaban J connectivity index is 1.35. The summed E-state index contributed by atoms with van der Waals surface area (Å²) in [6, 6.07) is 17.2. The van der Waals surface area contributed by atoms with Crippen LogP contribution in [0.15, 0.2) is 60.8 Å². The van der Waals surface area contributed by atoms with E-state index in [1.165, 1.54) is 0 Å². The van der Waals surface area contributed by atoms with Crippen LogP contribution in [0.5, 0.6) is 5.75 Å². The summed E-state index contributed by atoms with van der Waals surface area (Å²) < 4.78 is 7.52. The second-order valence-corrected chi connectivity index (χ2v) is 6.95. The molecular weight excluding hydrogens is 354 g/mol. The van der Waals surface area contributed by atoms with E-state index in [0.717, 1.165) is 10.9 Å². The number of nitrogens with zero attached hydrogens (tertiary/aromatic N) is 3. The van der Waals surface area contributed by atoms with Gasteiger partial charge < -0.3 is 19.1 Å². The summed E-state index contributed by atoms with van der Waals surface area (Å²) in [6.07, 6.45) is 1.89. The second kappa shape index (κ2) is 7.76. The van der Waals surface area contributed by atoms with Gasteiger partial charge in [0.25, 0.3) is 11.8 Å². The van der Waals surface area contributed by atoms with Crippen LogP contribution in [-0.4, -0.2) is 59.0 Å². The molecule has 0 aliphatic carbocycles. The van der Waals surface area contributed by atoms with Crippen molar-refractivity contribution in [3.05, 3.63) is 66.4 Å². The summed E-state index contributed by atoms with van der Waals surface area (Å²) in [5.74, 6) is 0.645. The van der Waals surface area contributed by atoms with E-state index in [1.54, 1.807) is 4.90 Å². The number of rotatable bonds is 4. The van der Waals surface area contributed by atoms with Gasteiger partial charge in [-0.2, -0.15) is 0 Å². The molecule has 0 radical (unpaired) electrons. The fraction of sp³-hybridized carbons (Fsp3) is 0.273. The largest absolute Gasteiger partial charge is 0.484 e. The van der Waals surface area contributed by atoms with Crippen molar-refractivity contribution in [2.24, 2.45) is 7.05 Å². The summed E-state index contributed by atoms with van der Waals surface area (Å²) in [6.45, 7) is 2.11. The Morgan fingerprint density at radius 2 is 1.54 bits per heavy atom. The van der Waals surface area contributed by atoms with Gasteiger partial charge in [-0.25, -0.2) is 0 Å². The molecule has 0 spiro atoms. The lowest BCUT2D eigenvalue weighted by molar-refractivity contribution is -0.134. The number of benzene rings is 2. The van der Waals surface area contributed by atoms with Gasteiger partial charge in [0, 0.05) is 50.3 Å². The summed E-state index contributed by atoms with van der Waals surface area (Å²) in [5.41, 5.74) is 1.75. The Bertz CT molecular complexity index is 989. The zero-order valence-electron chi connectivity index (χ0n) is 15.9. The topological polar surface area (TPSA) is 54.8 Å². The van der Waals surface area contributed by atoms with E-state index in [0.29, 0.717) is 37.5 Å². The van der Waals surface area contributed by atoms with Gasteiger partial charge in [0.05, 0.1) is 5.56 Å². The number of hydrogen-bond donors (Lipinski definition) is 0. The molecule has 1 fully saturated rings. The van der Waals surface area contributed by atoms with Crippen molar-refractivity contribution < 1.29 is 14.3 Å². The fourth-order valence-corrected chi connectivity index (χ4v) is 3.59. The van der Waals surface area contributed by atoms with Crippen molar-refractivity contribution in [1.82, 2.24) is 14.4 Å². The van der Waals surface area contributed by atoms with E-state index in [9.17, 15) is 9.59 Å². The monoisotopic (exact) mass is 377 g/mol. The van der Waals surface area contributed by atoms with E-state index >= 15 is 0 Å². The molecule has 6 nitrogen and oxygen atoms in total. The lowest BCUT2D eigenvalue weighted by Crippen LogP contribution is -2.51. The first kappa shape index (κ1) is 18.1. The molecule has 144 valence electrons. The average molecular weight is 377 g/mol. The number of fused-ring (bicyclic) bond motifs is 1. The number of aryl methyl sites for hydroxylation is 1. The molecule has 0 bridgehead atoms. The van der Waals surface area contributed by atoms with Crippen LogP contribution in [-0.2, 0) is 11.8 Å². The smallest absolute Gasteiger partial charge is 0.260 e. The van der Waals surface area contributed by atoms with E-state index < -0.39 is 0 Å². The number of hydrogen-bond acceptors (Lipinski definition) is 3. The predicted molar refractivity (Wildman–Crippen MR) is 107 cm³/mol. The van der Waals surface area contributed by atoms with Crippen LogP contribution in [0.1, 0.15) is 10.4 Å². The molecule has 4 rings (SSSR count). The molecule has 2 aromatic carbocycles. The molecule has 1 aliphatic heterocycles. The number of aromatic nitrogens is 1. The Hall–Kier alpha value is -3.28. The number of carbonyl (C=O) groups is 2. The number of amides is 2. The molecule has 6 heteroatoms. The zero-order chi connectivity index (χ0) is 19.5. The first-order valence-electron chi connectivity index (χ1n) is 9.42. The molecule has 2 amide bonds. The van der Waals surface area contributed by atoms with Gasteiger partial charge in [-0.15, -0.1) is 0 Å². The highest BCUT2D eigenvalue weighted by molar-refractivity contribution is 6.07. The lowest BCUT2D eigenvalue weighted by atomic mass is 10.1. The van der Waals surface area contributed by atoms with E-state index in [2.05, 4.69) is 0 Å². The summed E-state index contributed by atoms with van der Waals surface area (Å²) in [7, 11) is 1.95. The third kappa shape index (κ3) is 3.58. The minimum absolute atomic E-state index is 0.0152. The Morgan fingerprint density at radius 3 is 2.29 bits per heavy atom. The molecular formula is C22H23N3O3. The highest BCUT2D eigenvalue weighted by Gasteiger charge is 2.26. The minimum atomic E-state index is -0.0545. The third-order valence-electron chi connectivity index (χ3n) is 5.15. The van der Waals surface area contributed by atoms with Crippen LogP contribution < -0.4 is 4.74 Å². The first-order chi connectivity index (χ1) is 13.6. The number of piperazine rings is 1. The average Bonchev–Trinajstić information content (AvgIpc) is 3.09. The quantitative estimate of drug-likeness (QED) is 0.702. The van der Waals surface area contributed by atoms with Crippen LogP contribution in [0.2, 0.25) is 0 Å². The lowest BCUT2D eigenvalue weighted by Gasteiger charge is -2.34. The zero-order valence-corrected chi connectivity index (χ0v) is 15.9. The van der Waals surface area contributed by atoms with Crippen LogP contribution in [0.25, 0.3) is 10.9 Å². The molecule has 2 heterocycles. The standard InChI is InChI=1S/C22H23N3O3/c1-23-15-19(18-9-5-6-10-20(18)23)22(27)25-13-11-24(12-14-25)21(26)16-28-17-7-3-2-4-8-17/h2-10,15H,11-14,16H2,1H3. The van der Waals surface area contributed by atoms with Gasteiger partial charge in [-0.3, -0.25) is 9.59 Å². The van der Waals surface area contributed by atoms with Crippen molar-refractivity contribution in [3.8, 4) is 5.75 Å². The predicted octanol–water partition coefficient (Wildman–Crippen LogP) is 2.54. The molecule has 0 saturated carbocycles.